The monoisotopic (exact) mass is 461 g/mol. The van der Waals surface area contributed by atoms with Crippen molar-refractivity contribution in [3.8, 4) is 5.69 Å². The average molecular weight is 462 g/mol. The van der Waals surface area contributed by atoms with Crippen LogP contribution in [0.2, 0.25) is 0 Å². The van der Waals surface area contributed by atoms with E-state index in [1.54, 1.807) is 6.20 Å². The zero-order valence-electron chi connectivity index (χ0n) is 18.5. The van der Waals surface area contributed by atoms with Crippen LogP contribution in [0.4, 0.5) is 0 Å². The highest BCUT2D eigenvalue weighted by Crippen LogP contribution is 2.40. The summed E-state index contributed by atoms with van der Waals surface area (Å²) in [5.41, 5.74) is 4.36. The Morgan fingerprint density at radius 1 is 0.853 bits per heavy atom. The first-order chi connectivity index (χ1) is 16.8. The van der Waals surface area contributed by atoms with E-state index in [1.165, 1.54) is 10.8 Å². The molecular formula is C28H23N5S. The second-order valence-corrected chi connectivity index (χ2v) is 8.84. The summed E-state index contributed by atoms with van der Waals surface area (Å²) < 4.78 is 2.26. The van der Waals surface area contributed by atoms with Crippen LogP contribution in [0.1, 0.15) is 29.0 Å². The molecule has 0 amide bonds. The van der Waals surface area contributed by atoms with Crippen molar-refractivity contribution in [2.45, 2.75) is 18.6 Å². The van der Waals surface area contributed by atoms with Crippen LogP contribution >= 0.6 is 12.2 Å². The first-order valence-corrected chi connectivity index (χ1v) is 11.7. The van der Waals surface area contributed by atoms with Gasteiger partial charge >= 0.3 is 0 Å². The van der Waals surface area contributed by atoms with Crippen LogP contribution in [0.25, 0.3) is 16.5 Å². The number of hydrogen-bond donors (Lipinski definition) is 1. The highest BCUT2D eigenvalue weighted by Gasteiger charge is 2.41. The van der Waals surface area contributed by atoms with Crippen molar-refractivity contribution in [1.29, 1.82) is 0 Å². The quantitative estimate of drug-likeness (QED) is 0.346. The lowest BCUT2D eigenvalue weighted by atomic mass is 10.0. The van der Waals surface area contributed by atoms with E-state index < -0.39 is 0 Å². The van der Waals surface area contributed by atoms with E-state index in [9.17, 15) is 0 Å². The van der Waals surface area contributed by atoms with Crippen LogP contribution in [-0.2, 0) is 6.54 Å². The van der Waals surface area contributed by atoms with Crippen molar-refractivity contribution in [3.05, 3.63) is 127 Å². The van der Waals surface area contributed by atoms with E-state index in [1.807, 2.05) is 30.6 Å². The molecule has 34 heavy (non-hydrogen) atoms. The van der Waals surface area contributed by atoms with Gasteiger partial charge in [-0.05, 0) is 71.0 Å². The Balaban J connectivity index is 1.46. The predicted molar refractivity (Wildman–Crippen MR) is 139 cm³/mol. The summed E-state index contributed by atoms with van der Waals surface area (Å²) in [7, 11) is 0. The van der Waals surface area contributed by atoms with Gasteiger partial charge in [0.25, 0.3) is 0 Å². The third-order valence-corrected chi connectivity index (χ3v) is 6.72. The van der Waals surface area contributed by atoms with Crippen LogP contribution in [0, 0.1) is 0 Å². The molecule has 5 nitrogen and oxygen atoms in total. The summed E-state index contributed by atoms with van der Waals surface area (Å²) in [4.78, 5) is 11.2. The van der Waals surface area contributed by atoms with Crippen LogP contribution in [-0.4, -0.2) is 24.5 Å². The lowest BCUT2D eigenvalue weighted by Crippen LogP contribution is -2.30. The standard InChI is InChI=1S/C28H23N5S/c34-28-31-26(24-10-3-4-15-30-24)27(33(28)19-20-7-5-14-29-18-20)25-11-6-16-32(25)23-13-12-21-8-1-2-9-22(21)17-23/h1-18,26-27H,19H2,(H,31,34)/t26-,27+/m1/s1. The normalized spacial score (nSPS) is 17.8. The fourth-order valence-corrected chi connectivity index (χ4v) is 5.09. The molecule has 6 rings (SSSR count). The van der Waals surface area contributed by atoms with Gasteiger partial charge in [-0.25, -0.2) is 0 Å². The summed E-state index contributed by atoms with van der Waals surface area (Å²) in [6.45, 7) is 0.663. The van der Waals surface area contributed by atoms with E-state index in [0.717, 1.165) is 27.8 Å². The topological polar surface area (TPSA) is 46.0 Å². The van der Waals surface area contributed by atoms with Crippen molar-refractivity contribution in [1.82, 2.24) is 24.8 Å². The number of hydrogen-bond acceptors (Lipinski definition) is 3. The molecule has 1 aliphatic heterocycles. The fourth-order valence-electron chi connectivity index (χ4n) is 4.78. The average Bonchev–Trinajstić information content (AvgIpc) is 3.49. The van der Waals surface area contributed by atoms with Gasteiger partial charge in [0, 0.05) is 42.7 Å². The molecule has 3 aromatic heterocycles. The van der Waals surface area contributed by atoms with Crippen molar-refractivity contribution < 1.29 is 0 Å². The highest BCUT2D eigenvalue weighted by atomic mass is 32.1. The molecule has 1 N–H and O–H groups in total. The molecular weight excluding hydrogens is 438 g/mol. The fraction of sp³-hybridized carbons (Fsp3) is 0.107. The summed E-state index contributed by atoms with van der Waals surface area (Å²) in [6.07, 6.45) is 7.65. The molecule has 0 unspecified atom stereocenters. The Kier molecular flexibility index (Phi) is 5.28. The summed E-state index contributed by atoms with van der Waals surface area (Å²) in [6, 6.07) is 29.3. The maximum Gasteiger partial charge on any atom is 0.170 e. The van der Waals surface area contributed by atoms with Gasteiger partial charge in [-0.2, -0.15) is 0 Å². The Morgan fingerprint density at radius 2 is 1.74 bits per heavy atom. The van der Waals surface area contributed by atoms with E-state index in [-0.39, 0.29) is 12.1 Å². The summed E-state index contributed by atoms with van der Waals surface area (Å²) in [5.74, 6) is 0. The summed E-state index contributed by atoms with van der Waals surface area (Å²) >= 11 is 5.85. The van der Waals surface area contributed by atoms with Gasteiger partial charge in [0.1, 0.15) is 0 Å². The maximum atomic E-state index is 5.85. The molecule has 2 aromatic carbocycles. The van der Waals surface area contributed by atoms with Gasteiger partial charge in [0.05, 0.1) is 17.8 Å². The van der Waals surface area contributed by atoms with E-state index in [0.29, 0.717) is 6.54 Å². The lowest BCUT2D eigenvalue weighted by Gasteiger charge is -2.29. The molecule has 4 heterocycles. The smallest absolute Gasteiger partial charge is 0.170 e. The third kappa shape index (κ3) is 3.72. The number of pyridine rings is 2. The molecule has 1 aliphatic rings. The zero-order valence-corrected chi connectivity index (χ0v) is 19.3. The van der Waals surface area contributed by atoms with Gasteiger partial charge in [-0.3, -0.25) is 9.97 Å². The first kappa shape index (κ1) is 20.6. The zero-order chi connectivity index (χ0) is 22.9. The summed E-state index contributed by atoms with van der Waals surface area (Å²) in [5, 5.41) is 6.71. The molecule has 1 saturated heterocycles. The molecule has 0 aliphatic carbocycles. The minimum Gasteiger partial charge on any atom is -0.352 e. The van der Waals surface area contributed by atoms with Gasteiger partial charge in [0.15, 0.2) is 5.11 Å². The van der Waals surface area contributed by atoms with Gasteiger partial charge in [-0.1, -0.05) is 42.5 Å². The Labute approximate surface area is 203 Å². The maximum absolute atomic E-state index is 5.85. The molecule has 5 aromatic rings. The molecule has 1 fully saturated rings. The number of fused-ring (bicyclic) bond motifs is 1. The van der Waals surface area contributed by atoms with Crippen molar-refractivity contribution in [3.63, 3.8) is 0 Å². The van der Waals surface area contributed by atoms with Crippen molar-refractivity contribution in [2.75, 3.05) is 0 Å². The number of benzene rings is 2. The van der Waals surface area contributed by atoms with E-state index in [4.69, 9.17) is 12.2 Å². The number of nitrogens with zero attached hydrogens (tertiary/aromatic N) is 4. The van der Waals surface area contributed by atoms with Gasteiger partial charge in [0.2, 0.25) is 0 Å². The predicted octanol–water partition coefficient (Wildman–Crippen LogP) is 5.59. The van der Waals surface area contributed by atoms with Crippen LogP contribution in [0.3, 0.4) is 0 Å². The second kappa shape index (κ2) is 8.72. The number of nitrogens with one attached hydrogen (secondary N) is 1. The first-order valence-electron chi connectivity index (χ1n) is 11.3. The molecule has 6 heteroatoms. The van der Waals surface area contributed by atoms with Crippen LogP contribution in [0.5, 0.6) is 0 Å². The number of thiocarbonyl (C=S) groups is 1. The van der Waals surface area contributed by atoms with E-state index >= 15 is 0 Å². The van der Waals surface area contributed by atoms with Crippen molar-refractivity contribution in [2.24, 2.45) is 0 Å². The molecule has 0 radical (unpaired) electrons. The van der Waals surface area contributed by atoms with Crippen LogP contribution in [0.15, 0.2) is 110 Å². The second-order valence-electron chi connectivity index (χ2n) is 8.45. The molecule has 0 bridgehead atoms. The SMILES string of the molecule is S=C1N[C@H](c2ccccn2)[C@H](c2cccn2-c2ccc3ccccc3c2)N1Cc1cccnc1. The Morgan fingerprint density at radius 3 is 2.56 bits per heavy atom. The third-order valence-electron chi connectivity index (χ3n) is 6.37. The minimum absolute atomic E-state index is 0.0379. The lowest BCUT2D eigenvalue weighted by molar-refractivity contribution is 0.302. The molecule has 0 spiro atoms. The number of aromatic nitrogens is 3. The van der Waals surface area contributed by atoms with Crippen molar-refractivity contribution >= 4 is 28.1 Å². The van der Waals surface area contributed by atoms with Gasteiger partial charge in [-0.15, -0.1) is 0 Å². The van der Waals surface area contributed by atoms with Crippen LogP contribution < -0.4 is 5.32 Å². The Hall–Kier alpha value is -4.03. The highest BCUT2D eigenvalue weighted by molar-refractivity contribution is 7.80. The largest absolute Gasteiger partial charge is 0.352 e. The molecule has 2 atom stereocenters. The molecule has 166 valence electrons. The minimum atomic E-state index is -0.0699. The van der Waals surface area contributed by atoms with E-state index in [2.05, 4.69) is 97.7 Å². The molecule has 0 saturated carbocycles. The number of rotatable bonds is 5. The Bertz CT molecular complexity index is 1450. The van der Waals surface area contributed by atoms with Gasteiger partial charge < -0.3 is 14.8 Å².